The maximum atomic E-state index is 12.9. The van der Waals surface area contributed by atoms with E-state index in [1.807, 2.05) is 54.6 Å². The fourth-order valence-corrected chi connectivity index (χ4v) is 5.68. The first kappa shape index (κ1) is 22.7. The molecule has 1 saturated heterocycles. The van der Waals surface area contributed by atoms with Crippen LogP contribution >= 0.6 is 11.8 Å². The number of amides is 1. The van der Waals surface area contributed by atoms with E-state index in [1.165, 1.54) is 25.9 Å². The highest BCUT2D eigenvalue weighted by atomic mass is 32.2. The second-order valence-electron chi connectivity index (χ2n) is 8.81. The van der Waals surface area contributed by atoms with Crippen LogP contribution in [0.3, 0.4) is 0 Å². The highest BCUT2D eigenvalue weighted by Crippen LogP contribution is 2.39. The molecule has 0 unspecified atom stereocenters. The molecule has 3 aromatic carbocycles. The third-order valence-corrected chi connectivity index (χ3v) is 7.58. The number of anilines is 2. The molecule has 3 aromatic rings. The minimum Gasteiger partial charge on any atom is -0.384 e. The Labute approximate surface area is 204 Å². The minimum atomic E-state index is -0.200. The smallest absolute Gasteiger partial charge is 0.255 e. The molecule has 2 N–H and O–H groups in total. The van der Waals surface area contributed by atoms with Crippen molar-refractivity contribution in [1.29, 1.82) is 0 Å². The maximum absolute atomic E-state index is 12.9. The third kappa shape index (κ3) is 5.18. The van der Waals surface area contributed by atoms with E-state index >= 15 is 0 Å². The summed E-state index contributed by atoms with van der Waals surface area (Å²) in [6, 6.07) is 21.5. The minimum absolute atomic E-state index is 0.0957. The van der Waals surface area contributed by atoms with Crippen LogP contribution in [-0.4, -0.2) is 42.8 Å². The molecule has 0 saturated carbocycles. The summed E-state index contributed by atoms with van der Waals surface area (Å²) in [7, 11) is 0. The Hall–Kier alpha value is -3.09. The Kier molecular flexibility index (Phi) is 6.97. The van der Waals surface area contributed by atoms with Crippen molar-refractivity contribution < 1.29 is 9.59 Å². The second-order valence-corrected chi connectivity index (χ2v) is 9.93. The number of carbonyl (C=O) groups excluding carboxylic acids is 2. The van der Waals surface area contributed by atoms with E-state index in [0.29, 0.717) is 29.7 Å². The van der Waals surface area contributed by atoms with E-state index in [1.54, 1.807) is 11.8 Å². The van der Waals surface area contributed by atoms with Gasteiger partial charge in [0, 0.05) is 46.1 Å². The lowest BCUT2D eigenvalue weighted by Crippen LogP contribution is -2.25. The van der Waals surface area contributed by atoms with Gasteiger partial charge in [-0.3, -0.25) is 9.59 Å². The van der Waals surface area contributed by atoms with Crippen molar-refractivity contribution >= 4 is 34.8 Å². The van der Waals surface area contributed by atoms with Crippen molar-refractivity contribution in [2.45, 2.75) is 35.5 Å². The Morgan fingerprint density at radius 1 is 0.912 bits per heavy atom. The molecule has 174 valence electrons. The summed E-state index contributed by atoms with van der Waals surface area (Å²) in [4.78, 5) is 30.3. The molecule has 5 nitrogen and oxygen atoms in total. The number of carbonyl (C=O) groups is 2. The van der Waals surface area contributed by atoms with Crippen molar-refractivity contribution in [3.63, 3.8) is 0 Å². The third-order valence-electron chi connectivity index (χ3n) is 6.47. The van der Waals surface area contributed by atoms with Crippen molar-refractivity contribution in [2.24, 2.45) is 0 Å². The zero-order valence-electron chi connectivity index (χ0n) is 19.2. The average Bonchev–Trinajstić information content (AvgIpc) is 3.52. The molecular weight excluding hydrogens is 442 g/mol. The fourth-order valence-electron chi connectivity index (χ4n) is 4.67. The second kappa shape index (κ2) is 10.5. The molecule has 0 atom stereocenters. The zero-order chi connectivity index (χ0) is 23.3. The number of Topliss-reactive ketones (excluding diaryl/α,β-unsaturated/α-hetero) is 1. The lowest BCUT2D eigenvalue weighted by molar-refractivity contribution is 0.0995. The van der Waals surface area contributed by atoms with Gasteiger partial charge in [-0.2, -0.15) is 0 Å². The van der Waals surface area contributed by atoms with Gasteiger partial charge in [-0.05, 0) is 86.4 Å². The van der Waals surface area contributed by atoms with Crippen LogP contribution in [0.4, 0.5) is 11.4 Å². The van der Waals surface area contributed by atoms with E-state index in [-0.39, 0.29) is 11.7 Å². The molecular formula is C28H29N3O2S. The first-order valence-corrected chi connectivity index (χ1v) is 12.8. The average molecular weight is 472 g/mol. The van der Waals surface area contributed by atoms with E-state index in [9.17, 15) is 9.59 Å². The van der Waals surface area contributed by atoms with E-state index in [2.05, 4.69) is 27.7 Å². The standard InChI is InChI=1S/C28H29N3O2S/c32-25-14-12-23-26(34-22-6-2-1-3-7-22)15-13-24(27(23)25)30-28(33)20-8-10-21(11-9-20)29-16-19-31-17-4-5-18-31/h1-3,6-11,13,15,29H,4-5,12,14,16-19H2,(H,30,33). The van der Waals surface area contributed by atoms with Crippen LogP contribution in [0.25, 0.3) is 0 Å². The lowest BCUT2D eigenvalue weighted by Gasteiger charge is -2.15. The van der Waals surface area contributed by atoms with E-state index < -0.39 is 0 Å². The van der Waals surface area contributed by atoms with Crippen LogP contribution < -0.4 is 10.6 Å². The first-order chi connectivity index (χ1) is 16.7. The van der Waals surface area contributed by atoms with Crippen LogP contribution in [0.5, 0.6) is 0 Å². The van der Waals surface area contributed by atoms with Crippen molar-refractivity contribution in [1.82, 2.24) is 4.90 Å². The van der Waals surface area contributed by atoms with Crippen molar-refractivity contribution in [2.75, 3.05) is 36.8 Å². The van der Waals surface area contributed by atoms with Gasteiger partial charge in [-0.15, -0.1) is 0 Å². The number of hydrogen-bond donors (Lipinski definition) is 2. The van der Waals surface area contributed by atoms with Crippen LogP contribution in [0.2, 0.25) is 0 Å². The Morgan fingerprint density at radius 2 is 1.68 bits per heavy atom. The molecule has 0 radical (unpaired) electrons. The van der Waals surface area contributed by atoms with Gasteiger partial charge < -0.3 is 15.5 Å². The number of rotatable bonds is 8. The summed E-state index contributed by atoms with van der Waals surface area (Å²) in [6.45, 7) is 4.32. The van der Waals surface area contributed by atoms with Crippen LogP contribution in [0.15, 0.2) is 76.5 Å². The number of hydrogen-bond acceptors (Lipinski definition) is 5. The monoisotopic (exact) mass is 471 g/mol. The molecule has 34 heavy (non-hydrogen) atoms. The summed E-state index contributed by atoms with van der Waals surface area (Å²) in [6.07, 6.45) is 3.80. The van der Waals surface area contributed by atoms with Gasteiger partial charge in [-0.1, -0.05) is 30.0 Å². The molecule has 6 heteroatoms. The molecule has 1 fully saturated rings. The Balaban J connectivity index is 1.25. The number of benzene rings is 3. The van der Waals surface area contributed by atoms with Gasteiger partial charge in [0.05, 0.1) is 5.69 Å². The topological polar surface area (TPSA) is 61.4 Å². The van der Waals surface area contributed by atoms with Crippen LogP contribution in [0, 0.1) is 0 Å². The number of ketones is 1. The summed E-state index contributed by atoms with van der Waals surface area (Å²) >= 11 is 1.66. The molecule has 0 aromatic heterocycles. The molecule has 5 rings (SSSR count). The zero-order valence-corrected chi connectivity index (χ0v) is 20.0. The SMILES string of the molecule is O=C(Nc1ccc(Sc2ccccc2)c2c1C(=O)CC2)c1ccc(NCCN2CCCC2)cc1. The molecule has 0 bridgehead atoms. The van der Waals surface area contributed by atoms with Crippen LogP contribution in [-0.2, 0) is 6.42 Å². The van der Waals surface area contributed by atoms with Gasteiger partial charge in [0.1, 0.15) is 0 Å². The van der Waals surface area contributed by atoms with E-state index in [0.717, 1.165) is 34.1 Å². The van der Waals surface area contributed by atoms with Gasteiger partial charge >= 0.3 is 0 Å². The maximum Gasteiger partial charge on any atom is 0.255 e. The van der Waals surface area contributed by atoms with Gasteiger partial charge in [-0.25, -0.2) is 0 Å². The number of fused-ring (bicyclic) bond motifs is 1. The summed E-state index contributed by atoms with van der Waals surface area (Å²) < 4.78 is 0. The number of likely N-dealkylation sites (tertiary alicyclic amines) is 1. The van der Waals surface area contributed by atoms with E-state index in [4.69, 9.17) is 0 Å². The van der Waals surface area contributed by atoms with Crippen LogP contribution in [0.1, 0.15) is 45.5 Å². The molecule has 1 aliphatic heterocycles. The Bertz CT molecular complexity index is 1170. The van der Waals surface area contributed by atoms with Gasteiger partial charge in [0.15, 0.2) is 5.78 Å². The van der Waals surface area contributed by atoms with Crippen molar-refractivity contribution in [3.05, 3.63) is 83.4 Å². The molecule has 0 spiro atoms. The van der Waals surface area contributed by atoms with Gasteiger partial charge in [0.2, 0.25) is 0 Å². The highest BCUT2D eigenvalue weighted by molar-refractivity contribution is 7.99. The predicted octanol–water partition coefficient (Wildman–Crippen LogP) is 5.73. The normalized spacial score (nSPS) is 15.4. The highest BCUT2D eigenvalue weighted by Gasteiger charge is 2.27. The number of nitrogens with one attached hydrogen (secondary N) is 2. The van der Waals surface area contributed by atoms with Crippen molar-refractivity contribution in [3.8, 4) is 0 Å². The Morgan fingerprint density at radius 3 is 2.44 bits per heavy atom. The summed E-state index contributed by atoms with van der Waals surface area (Å²) in [5, 5.41) is 6.42. The fraction of sp³-hybridized carbons (Fsp3) is 0.286. The molecule has 1 amide bonds. The largest absolute Gasteiger partial charge is 0.384 e. The number of nitrogens with zero attached hydrogens (tertiary/aromatic N) is 1. The van der Waals surface area contributed by atoms with Gasteiger partial charge in [0.25, 0.3) is 5.91 Å². The molecule has 1 heterocycles. The molecule has 1 aliphatic carbocycles. The first-order valence-electron chi connectivity index (χ1n) is 12.0. The summed E-state index contributed by atoms with van der Waals surface area (Å²) in [5.74, 6) is -0.104. The predicted molar refractivity (Wildman–Crippen MR) is 138 cm³/mol. The summed E-state index contributed by atoms with van der Waals surface area (Å²) in [5.41, 5.74) is 3.89. The molecule has 2 aliphatic rings. The quantitative estimate of drug-likeness (QED) is 0.440. The lowest BCUT2D eigenvalue weighted by atomic mass is 10.1.